The fourth-order valence-corrected chi connectivity index (χ4v) is 2.67. The lowest BCUT2D eigenvalue weighted by Gasteiger charge is -2.06. The number of halogens is 1. The van der Waals surface area contributed by atoms with E-state index >= 15 is 0 Å². The lowest BCUT2D eigenvalue weighted by molar-refractivity contribution is -0.116. The zero-order chi connectivity index (χ0) is 15.8. The molecule has 1 heterocycles. The van der Waals surface area contributed by atoms with Gasteiger partial charge >= 0.3 is 0 Å². The van der Waals surface area contributed by atoms with Crippen LogP contribution in [0.1, 0.15) is 17.8 Å². The maximum Gasteiger partial charge on any atom is 0.227 e. The zero-order valence-corrected chi connectivity index (χ0v) is 13.5. The molecule has 22 heavy (non-hydrogen) atoms. The molecule has 0 fully saturated rings. The quantitative estimate of drug-likeness (QED) is 0.720. The monoisotopic (exact) mass is 340 g/mol. The van der Waals surface area contributed by atoms with Crippen LogP contribution < -0.4 is 15.8 Å². The normalized spacial score (nSPS) is 10.5. The molecule has 0 aliphatic heterocycles. The van der Waals surface area contributed by atoms with E-state index in [1.165, 1.54) is 11.3 Å². The minimum absolute atomic E-state index is 0.146. The van der Waals surface area contributed by atoms with Gasteiger partial charge in [-0.2, -0.15) is 0 Å². The first-order chi connectivity index (χ1) is 10.7. The molecule has 3 N–H and O–H groups in total. The van der Waals surface area contributed by atoms with Crippen molar-refractivity contribution in [3.63, 3.8) is 0 Å². The van der Waals surface area contributed by atoms with E-state index in [4.69, 9.17) is 22.1 Å². The van der Waals surface area contributed by atoms with Crippen LogP contribution in [0.4, 0.5) is 5.13 Å². The number of hydrogen-bond donors (Lipinski definition) is 2. The summed E-state index contributed by atoms with van der Waals surface area (Å²) < 4.78 is 5.60. The second-order valence-electron chi connectivity index (χ2n) is 4.47. The van der Waals surface area contributed by atoms with Gasteiger partial charge < -0.3 is 15.8 Å². The van der Waals surface area contributed by atoms with Crippen molar-refractivity contribution in [1.82, 2.24) is 10.2 Å². The lowest BCUT2D eigenvalue weighted by Crippen LogP contribution is -2.15. The molecule has 6 nitrogen and oxygen atoms in total. The molecule has 0 spiro atoms. The van der Waals surface area contributed by atoms with Crippen molar-refractivity contribution in [2.75, 3.05) is 18.5 Å². The Morgan fingerprint density at radius 3 is 2.95 bits per heavy atom. The highest BCUT2D eigenvalue weighted by molar-refractivity contribution is 7.15. The molecule has 1 amide bonds. The molecule has 1 aromatic carbocycles. The molecule has 0 aliphatic rings. The third kappa shape index (κ3) is 5.25. The number of benzene rings is 1. The summed E-state index contributed by atoms with van der Waals surface area (Å²) in [6, 6.07) is 7.36. The van der Waals surface area contributed by atoms with Gasteiger partial charge in [-0.3, -0.25) is 4.79 Å². The van der Waals surface area contributed by atoms with Crippen LogP contribution in [0.5, 0.6) is 5.75 Å². The summed E-state index contributed by atoms with van der Waals surface area (Å²) in [6.07, 6.45) is 1.80. The predicted molar refractivity (Wildman–Crippen MR) is 87.5 cm³/mol. The van der Waals surface area contributed by atoms with Gasteiger partial charge in [0.25, 0.3) is 0 Å². The second-order valence-corrected chi connectivity index (χ2v) is 5.94. The summed E-state index contributed by atoms with van der Waals surface area (Å²) in [7, 11) is 0. The van der Waals surface area contributed by atoms with Crippen molar-refractivity contribution in [2.24, 2.45) is 5.73 Å². The van der Waals surface area contributed by atoms with E-state index in [0.29, 0.717) is 29.1 Å². The Labute approximate surface area is 137 Å². The third-order valence-electron chi connectivity index (χ3n) is 2.71. The minimum Gasteiger partial charge on any atom is -0.492 e. The maximum absolute atomic E-state index is 11.4. The molecule has 0 radical (unpaired) electrons. The van der Waals surface area contributed by atoms with E-state index in [-0.39, 0.29) is 12.3 Å². The number of ether oxygens (including phenoxy) is 1. The van der Waals surface area contributed by atoms with E-state index in [1.54, 1.807) is 6.07 Å². The number of nitrogens with two attached hydrogens (primary N) is 1. The lowest BCUT2D eigenvalue weighted by atomic mass is 10.3. The van der Waals surface area contributed by atoms with E-state index in [0.717, 1.165) is 17.8 Å². The first kappa shape index (κ1) is 16.7. The Morgan fingerprint density at radius 2 is 2.18 bits per heavy atom. The summed E-state index contributed by atoms with van der Waals surface area (Å²) in [5, 5.41) is 12.6. The summed E-state index contributed by atoms with van der Waals surface area (Å²) in [5.74, 6) is 0.531. The van der Waals surface area contributed by atoms with Crippen LogP contribution in [0, 0.1) is 0 Å². The summed E-state index contributed by atoms with van der Waals surface area (Å²) >= 11 is 7.36. The first-order valence-corrected chi connectivity index (χ1v) is 8.08. The zero-order valence-electron chi connectivity index (χ0n) is 11.9. The Balaban J connectivity index is 1.72. The van der Waals surface area contributed by atoms with Gasteiger partial charge in [0.05, 0.1) is 11.6 Å². The van der Waals surface area contributed by atoms with Crippen LogP contribution in [0.25, 0.3) is 0 Å². The van der Waals surface area contributed by atoms with Gasteiger partial charge in [-0.05, 0) is 18.6 Å². The highest BCUT2D eigenvalue weighted by Crippen LogP contribution is 2.23. The average Bonchev–Trinajstić information content (AvgIpc) is 2.93. The van der Waals surface area contributed by atoms with Gasteiger partial charge in [0.15, 0.2) is 0 Å². The Kier molecular flexibility index (Phi) is 6.57. The molecule has 8 heteroatoms. The Bertz CT molecular complexity index is 620. The molecule has 2 aromatic rings. The number of anilines is 1. The highest BCUT2D eigenvalue weighted by atomic mass is 35.5. The van der Waals surface area contributed by atoms with Gasteiger partial charge in [-0.25, -0.2) is 0 Å². The Morgan fingerprint density at radius 1 is 1.36 bits per heavy atom. The fourth-order valence-electron chi connectivity index (χ4n) is 1.69. The van der Waals surface area contributed by atoms with Crippen LogP contribution in [0.3, 0.4) is 0 Å². The molecule has 0 aliphatic carbocycles. The van der Waals surface area contributed by atoms with Gasteiger partial charge in [0, 0.05) is 19.4 Å². The van der Waals surface area contributed by atoms with Crippen molar-refractivity contribution in [1.29, 1.82) is 0 Å². The highest BCUT2D eigenvalue weighted by Gasteiger charge is 2.07. The average molecular weight is 341 g/mol. The van der Waals surface area contributed by atoms with Crippen molar-refractivity contribution in [2.45, 2.75) is 19.3 Å². The number of para-hydroxylation sites is 1. The predicted octanol–water partition coefficient (Wildman–Crippen LogP) is 2.49. The van der Waals surface area contributed by atoms with E-state index in [1.807, 2.05) is 18.2 Å². The number of nitrogens with one attached hydrogen (secondary N) is 1. The molecular weight excluding hydrogens is 324 g/mol. The number of carbonyl (C=O) groups is 1. The van der Waals surface area contributed by atoms with Crippen LogP contribution >= 0.6 is 22.9 Å². The van der Waals surface area contributed by atoms with Crippen molar-refractivity contribution in [3.8, 4) is 5.75 Å². The SMILES string of the molecule is NCCC(=O)Nc1nnc(CCCOc2ccccc2Cl)s1. The van der Waals surface area contributed by atoms with E-state index < -0.39 is 0 Å². The smallest absolute Gasteiger partial charge is 0.227 e. The standard InChI is InChI=1S/C14H17ClN4O2S/c15-10-4-1-2-5-11(10)21-9-3-6-13-18-19-14(22-13)17-12(20)7-8-16/h1-2,4-5H,3,6-9,16H2,(H,17,19,20). The van der Waals surface area contributed by atoms with Gasteiger partial charge in [0.1, 0.15) is 10.8 Å². The number of hydrogen-bond acceptors (Lipinski definition) is 6. The number of aromatic nitrogens is 2. The van der Waals surface area contributed by atoms with Gasteiger partial charge in [0.2, 0.25) is 11.0 Å². The molecule has 118 valence electrons. The molecule has 1 aromatic heterocycles. The number of nitrogens with zero attached hydrogens (tertiary/aromatic N) is 2. The molecule has 0 saturated heterocycles. The van der Waals surface area contributed by atoms with Gasteiger partial charge in [-0.1, -0.05) is 35.1 Å². The number of aryl methyl sites for hydroxylation is 1. The maximum atomic E-state index is 11.4. The molecule has 0 saturated carbocycles. The molecule has 0 unspecified atom stereocenters. The number of amides is 1. The molecular formula is C14H17ClN4O2S. The number of carbonyl (C=O) groups excluding carboxylic acids is 1. The number of rotatable bonds is 8. The minimum atomic E-state index is -0.146. The van der Waals surface area contributed by atoms with Crippen LogP contribution in [-0.4, -0.2) is 29.3 Å². The largest absolute Gasteiger partial charge is 0.492 e. The van der Waals surface area contributed by atoms with Crippen LogP contribution in [0.2, 0.25) is 5.02 Å². The summed E-state index contributed by atoms with van der Waals surface area (Å²) in [5.41, 5.74) is 5.31. The topological polar surface area (TPSA) is 90.1 Å². The van der Waals surface area contributed by atoms with Crippen molar-refractivity contribution in [3.05, 3.63) is 34.3 Å². The Hall–Kier alpha value is -1.70. The second kappa shape index (κ2) is 8.67. The van der Waals surface area contributed by atoms with Gasteiger partial charge in [-0.15, -0.1) is 10.2 Å². The molecule has 2 rings (SSSR count). The van der Waals surface area contributed by atoms with E-state index in [9.17, 15) is 4.79 Å². The van der Waals surface area contributed by atoms with Crippen molar-refractivity contribution >= 4 is 34.0 Å². The van der Waals surface area contributed by atoms with E-state index in [2.05, 4.69) is 15.5 Å². The first-order valence-electron chi connectivity index (χ1n) is 6.88. The summed E-state index contributed by atoms with van der Waals surface area (Å²) in [6.45, 7) is 0.856. The fraction of sp³-hybridized carbons (Fsp3) is 0.357. The van der Waals surface area contributed by atoms with Crippen LogP contribution in [0.15, 0.2) is 24.3 Å². The summed E-state index contributed by atoms with van der Waals surface area (Å²) in [4.78, 5) is 11.4. The third-order valence-corrected chi connectivity index (χ3v) is 3.92. The van der Waals surface area contributed by atoms with Crippen LogP contribution in [-0.2, 0) is 11.2 Å². The molecule has 0 atom stereocenters. The molecule has 0 bridgehead atoms. The van der Waals surface area contributed by atoms with Crippen molar-refractivity contribution < 1.29 is 9.53 Å².